The van der Waals surface area contributed by atoms with Crippen molar-refractivity contribution in [1.82, 2.24) is 10.3 Å². The third-order valence-corrected chi connectivity index (χ3v) is 6.77. The molecule has 1 amide bonds. The van der Waals surface area contributed by atoms with E-state index in [9.17, 15) is 22.8 Å². The standard InChI is InChI=1S/C25H25N3O8S/c1-35-22-10-5-17(13-23(22)36-2)21(29)15-26-12-11-16-3-7-19(8-4-16)37(33,34)25(32)28-18-6-9-20(24(30)31)27-14-18/h3-10,13-14,26H,11-12,15H2,1-2H3,(H,28,32)(H,30,31). The Morgan fingerprint density at radius 3 is 2.24 bits per heavy atom. The zero-order valence-corrected chi connectivity index (χ0v) is 20.9. The molecule has 1 heterocycles. The first-order valence-corrected chi connectivity index (χ1v) is 12.4. The van der Waals surface area contributed by atoms with Gasteiger partial charge in [-0.1, -0.05) is 12.1 Å². The minimum atomic E-state index is -4.33. The maximum Gasteiger partial charge on any atom is 0.354 e. The molecule has 12 heteroatoms. The number of anilines is 1. The maximum absolute atomic E-state index is 12.6. The highest BCUT2D eigenvalue weighted by Gasteiger charge is 2.25. The van der Waals surface area contributed by atoms with E-state index in [1.807, 2.05) is 0 Å². The molecule has 11 nitrogen and oxygen atoms in total. The van der Waals surface area contributed by atoms with Crippen LogP contribution in [0, 0.1) is 0 Å². The highest BCUT2D eigenvalue weighted by molar-refractivity contribution is 8.06. The number of hydrogen-bond donors (Lipinski definition) is 3. The molecule has 0 bridgehead atoms. The van der Waals surface area contributed by atoms with Crippen LogP contribution in [-0.2, 0) is 16.3 Å². The Morgan fingerprint density at radius 1 is 0.946 bits per heavy atom. The molecule has 0 spiro atoms. The molecule has 3 N–H and O–H groups in total. The molecule has 0 aliphatic rings. The first-order chi connectivity index (χ1) is 17.6. The van der Waals surface area contributed by atoms with Crippen LogP contribution in [0.4, 0.5) is 10.5 Å². The van der Waals surface area contributed by atoms with Gasteiger partial charge in [0.25, 0.3) is 9.84 Å². The number of nitrogens with one attached hydrogen (secondary N) is 2. The average molecular weight is 528 g/mol. The first kappa shape index (κ1) is 27.3. The number of ether oxygens (including phenoxy) is 2. The Morgan fingerprint density at radius 2 is 1.65 bits per heavy atom. The second-order valence-electron chi connectivity index (χ2n) is 7.72. The Balaban J connectivity index is 1.52. The van der Waals surface area contributed by atoms with E-state index in [1.165, 1.54) is 32.4 Å². The van der Waals surface area contributed by atoms with Gasteiger partial charge >= 0.3 is 11.2 Å². The van der Waals surface area contributed by atoms with Crippen molar-refractivity contribution in [1.29, 1.82) is 0 Å². The molecule has 1 aromatic heterocycles. The van der Waals surface area contributed by atoms with E-state index < -0.39 is 21.0 Å². The number of carbonyl (C=O) groups is 3. The molecule has 0 aliphatic carbocycles. The quantitative estimate of drug-likeness (QED) is 0.250. The molecule has 0 saturated heterocycles. The summed E-state index contributed by atoms with van der Waals surface area (Å²) in [7, 11) is -1.33. The Kier molecular flexibility index (Phi) is 8.93. The fraction of sp³-hybridized carbons (Fsp3) is 0.200. The summed E-state index contributed by atoms with van der Waals surface area (Å²) >= 11 is 0. The predicted molar refractivity (Wildman–Crippen MR) is 134 cm³/mol. The number of carboxylic acids is 1. The third kappa shape index (κ3) is 6.90. The molecule has 3 aromatic rings. The molecule has 0 atom stereocenters. The number of benzene rings is 2. The molecule has 0 saturated carbocycles. The van der Waals surface area contributed by atoms with Crippen LogP contribution >= 0.6 is 0 Å². The van der Waals surface area contributed by atoms with Crippen molar-refractivity contribution in [2.45, 2.75) is 11.3 Å². The number of nitrogens with zero attached hydrogens (tertiary/aromatic N) is 1. The number of amides is 1. The molecule has 0 fully saturated rings. The van der Waals surface area contributed by atoms with Gasteiger partial charge in [0, 0.05) is 5.56 Å². The SMILES string of the molecule is COc1ccc(C(=O)CNCCc2ccc(S(=O)(=O)C(=O)Nc3ccc(C(=O)O)nc3)cc2)cc1OC. The minimum Gasteiger partial charge on any atom is -0.493 e. The number of ketones is 1. The van der Waals surface area contributed by atoms with Crippen LogP contribution in [0.3, 0.4) is 0 Å². The van der Waals surface area contributed by atoms with Crippen LogP contribution in [0.15, 0.2) is 65.7 Å². The lowest BCUT2D eigenvalue weighted by Gasteiger charge is -2.10. The van der Waals surface area contributed by atoms with Crippen LogP contribution < -0.4 is 20.1 Å². The number of aromatic nitrogens is 1. The average Bonchev–Trinajstić information content (AvgIpc) is 2.91. The zero-order chi connectivity index (χ0) is 27.0. The van der Waals surface area contributed by atoms with E-state index in [2.05, 4.69) is 15.6 Å². The van der Waals surface area contributed by atoms with E-state index >= 15 is 0 Å². The number of methoxy groups -OCH3 is 2. The number of Topliss-reactive ketones (excluding diaryl/α,β-unsaturated/α-hetero) is 1. The number of carboxylic acid groups (broad SMARTS) is 1. The summed E-state index contributed by atoms with van der Waals surface area (Å²) < 4.78 is 35.6. The molecular weight excluding hydrogens is 502 g/mol. The summed E-state index contributed by atoms with van der Waals surface area (Å²) in [5.74, 6) is -0.377. The first-order valence-electron chi connectivity index (χ1n) is 11.0. The lowest BCUT2D eigenvalue weighted by atomic mass is 10.1. The van der Waals surface area contributed by atoms with E-state index in [0.717, 1.165) is 17.8 Å². The van der Waals surface area contributed by atoms with Gasteiger partial charge in [0.2, 0.25) is 0 Å². The fourth-order valence-corrected chi connectivity index (χ4v) is 4.23. The Labute approximate surface area is 213 Å². The van der Waals surface area contributed by atoms with Gasteiger partial charge in [-0.2, -0.15) is 0 Å². The number of rotatable bonds is 11. The number of pyridine rings is 1. The monoisotopic (exact) mass is 527 g/mol. The number of carbonyl (C=O) groups excluding carboxylic acids is 2. The summed E-state index contributed by atoms with van der Waals surface area (Å²) in [6, 6.07) is 13.1. The van der Waals surface area contributed by atoms with Gasteiger partial charge in [-0.05, 0) is 61.0 Å². The normalized spacial score (nSPS) is 11.0. The smallest absolute Gasteiger partial charge is 0.354 e. The van der Waals surface area contributed by atoms with Crippen molar-refractivity contribution in [3.05, 3.63) is 77.6 Å². The Bertz CT molecular complexity index is 1390. The van der Waals surface area contributed by atoms with Crippen LogP contribution in [-0.4, -0.2) is 62.8 Å². The minimum absolute atomic E-state index is 0.0453. The highest BCUT2D eigenvalue weighted by Crippen LogP contribution is 2.27. The second kappa shape index (κ2) is 12.1. The molecule has 3 rings (SSSR count). The van der Waals surface area contributed by atoms with Gasteiger partial charge in [-0.15, -0.1) is 0 Å². The summed E-state index contributed by atoms with van der Waals surface area (Å²) in [6.45, 7) is 0.565. The molecular formula is C25H25N3O8S. The number of hydrogen-bond acceptors (Lipinski definition) is 9. The van der Waals surface area contributed by atoms with Crippen molar-refractivity contribution in [2.24, 2.45) is 0 Å². The molecule has 0 aliphatic heterocycles. The molecule has 0 radical (unpaired) electrons. The zero-order valence-electron chi connectivity index (χ0n) is 20.1. The second-order valence-corrected chi connectivity index (χ2v) is 9.57. The van der Waals surface area contributed by atoms with Gasteiger partial charge in [0.05, 0.1) is 37.5 Å². The van der Waals surface area contributed by atoms with Crippen LogP contribution in [0.1, 0.15) is 26.4 Å². The van der Waals surface area contributed by atoms with Crippen LogP contribution in [0.5, 0.6) is 11.5 Å². The lowest BCUT2D eigenvalue weighted by molar-refractivity contribution is 0.0690. The number of aromatic carboxylic acids is 1. The third-order valence-electron chi connectivity index (χ3n) is 5.29. The van der Waals surface area contributed by atoms with E-state index in [-0.39, 0.29) is 28.6 Å². The highest BCUT2D eigenvalue weighted by atomic mass is 32.2. The molecule has 0 unspecified atom stereocenters. The summed E-state index contributed by atoms with van der Waals surface area (Å²) in [6.07, 6.45) is 1.58. The maximum atomic E-state index is 12.6. The van der Waals surface area contributed by atoms with Gasteiger partial charge in [-0.3, -0.25) is 9.59 Å². The summed E-state index contributed by atoms with van der Waals surface area (Å²) in [5, 5.41) is 12.9. The molecule has 2 aromatic carbocycles. The molecule has 37 heavy (non-hydrogen) atoms. The number of sulfone groups is 1. The van der Waals surface area contributed by atoms with Gasteiger partial charge in [-0.25, -0.2) is 18.2 Å². The van der Waals surface area contributed by atoms with Gasteiger partial charge < -0.3 is 25.2 Å². The van der Waals surface area contributed by atoms with Crippen molar-refractivity contribution in [2.75, 3.05) is 32.6 Å². The van der Waals surface area contributed by atoms with E-state index in [4.69, 9.17) is 14.6 Å². The van der Waals surface area contributed by atoms with Crippen molar-refractivity contribution in [3.8, 4) is 11.5 Å². The van der Waals surface area contributed by atoms with Crippen molar-refractivity contribution in [3.63, 3.8) is 0 Å². The van der Waals surface area contributed by atoms with E-state index in [0.29, 0.717) is 30.0 Å². The summed E-state index contributed by atoms with van der Waals surface area (Å²) in [5.41, 5.74) is 1.09. The van der Waals surface area contributed by atoms with Crippen molar-refractivity contribution >= 4 is 32.5 Å². The largest absolute Gasteiger partial charge is 0.493 e. The molecule has 194 valence electrons. The summed E-state index contributed by atoms with van der Waals surface area (Å²) in [4.78, 5) is 39.0. The topological polar surface area (TPSA) is 161 Å². The van der Waals surface area contributed by atoms with E-state index in [1.54, 1.807) is 30.3 Å². The lowest BCUT2D eigenvalue weighted by Crippen LogP contribution is -2.25. The van der Waals surface area contributed by atoms with Gasteiger partial charge in [0.1, 0.15) is 5.69 Å². The van der Waals surface area contributed by atoms with Gasteiger partial charge in [0.15, 0.2) is 17.3 Å². The van der Waals surface area contributed by atoms with Crippen LogP contribution in [0.2, 0.25) is 0 Å². The predicted octanol–water partition coefficient (Wildman–Crippen LogP) is 2.82. The van der Waals surface area contributed by atoms with Crippen LogP contribution in [0.25, 0.3) is 0 Å². The fourth-order valence-electron chi connectivity index (χ4n) is 3.27. The Hall–Kier alpha value is -4.29. The van der Waals surface area contributed by atoms with Crippen molar-refractivity contribution < 1.29 is 37.4 Å².